The molecule has 1 amide bonds. The molecule has 0 saturated carbocycles. The van der Waals surface area contributed by atoms with Crippen molar-refractivity contribution in [1.29, 1.82) is 0 Å². The maximum Gasteiger partial charge on any atom is 0.419 e. The lowest BCUT2D eigenvalue weighted by atomic mass is 10.0. The summed E-state index contributed by atoms with van der Waals surface area (Å²) in [5.41, 5.74) is 1.85. The van der Waals surface area contributed by atoms with Gasteiger partial charge in [0, 0.05) is 43.1 Å². The van der Waals surface area contributed by atoms with Gasteiger partial charge in [-0.3, -0.25) is 4.79 Å². The van der Waals surface area contributed by atoms with Gasteiger partial charge in [0.15, 0.2) is 5.13 Å². The van der Waals surface area contributed by atoms with Crippen molar-refractivity contribution in [3.05, 3.63) is 57.9 Å². The summed E-state index contributed by atoms with van der Waals surface area (Å²) in [6, 6.07) is 3.67. The second-order valence-corrected chi connectivity index (χ2v) is 10.7. The number of alkyl halides is 3. The molecule has 0 spiro atoms. The Hall–Kier alpha value is -3.65. The lowest BCUT2D eigenvalue weighted by molar-refractivity contribution is -0.138. The molecule has 206 valence electrons. The number of halogens is 3. The lowest BCUT2D eigenvalue weighted by Gasteiger charge is -2.31. The molecule has 1 atom stereocenters. The highest BCUT2D eigenvalue weighted by Crippen LogP contribution is 2.33. The molecule has 0 radical (unpaired) electrons. The highest BCUT2D eigenvalue weighted by Gasteiger charge is 2.32. The SMILES string of the molecule is CC[C@@H](Cc1ccc(Nc2nc(-c3sc(C)nc3C)cs2)nc1)N(CCNC=O)c1ncc(C(F)(F)F)cn1. The van der Waals surface area contributed by atoms with Crippen molar-refractivity contribution in [2.24, 2.45) is 0 Å². The number of pyridine rings is 1. The number of carbonyl (C=O) groups excluding carboxylic acids is 1. The number of thiazole rings is 2. The Bertz CT molecular complexity index is 1370. The molecule has 0 aliphatic rings. The third-order valence-corrected chi connectivity index (χ3v) is 7.74. The smallest absolute Gasteiger partial charge is 0.357 e. The number of anilines is 3. The number of hydrogen-bond acceptors (Lipinski definition) is 10. The highest BCUT2D eigenvalue weighted by atomic mass is 32.1. The van der Waals surface area contributed by atoms with E-state index >= 15 is 0 Å². The number of amides is 1. The Morgan fingerprint density at radius 3 is 2.46 bits per heavy atom. The standard InChI is InChI=1S/C25H27F3N8OS2/c1-4-19(36(8-7-29-14-37)23-31-11-18(12-32-23)25(26,27)28)9-17-5-6-21(30-10-17)35-24-34-20(13-38-24)22-15(2)33-16(3)39-22/h5-6,10-14,19H,4,7-9H2,1-3H3,(H,29,37)(H,30,34,35)/t19-/m0/s1. The molecule has 4 aromatic rings. The molecular formula is C25H27F3N8OS2. The first-order chi connectivity index (χ1) is 18.7. The van der Waals surface area contributed by atoms with Gasteiger partial charge < -0.3 is 15.5 Å². The molecule has 4 aromatic heterocycles. The van der Waals surface area contributed by atoms with Gasteiger partial charge in [-0.25, -0.2) is 24.9 Å². The minimum absolute atomic E-state index is 0.136. The summed E-state index contributed by atoms with van der Waals surface area (Å²) < 4.78 is 39.0. The van der Waals surface area contributed by atoms with Crippen LogP contribution < -0.4 is 15.5 Å². The number of carbonyl (C=O) groups is 1. The summed E-state index contributed by atoms with van der Waals surface area (Å²) in [5.74, 6) is 0.808. The van der Waals surface area contributed by atoms with Gasteiger partial charge >= 0.3 is 6.18 Å². The molecule has 39 heavy (non-hydrogen) atoms. The largest absolute Gasteiger partial charge is 0.419 e. The molecule has 0 unspecified atom stereocenters. The fraction of sp³-hybridized carbons (Fsp3) is 0.360. The van der Waals surface area contributed by atoms with Crippen molar-refractivity contribution < 1.29 is 18.0 Å². The van der Waals surface area contributed by atoms with Crippen molar-refractivity contribution in [3.8, 4) is 10.6 Å². The Balaban J connectivity index is 1.45. The molecule has 14 heteroatoms. The van der Waals surface area contributed by atoms with E-state index in [1.807, 2.05) is 43.2 Å². The van der Waals surface area contributed by atoms with Crippen LogP contribution in [0.1, 0.15) is 35.2 Å². The minimum Gasteiger partial charge on any atom is -0.357 e. The van der Waals surface area contributed by atoms with E-state index in [1.54, 1.807) is 17.5 Å². The molecule has 0 saturated heterocycles. The van der Waals surface area contributed by atoms with Crippen LogP contribution in [-0.2, 0) is 17.4 Å². The molecule has 9 nitrogen and oxygen atoms in total. The van der Waals surface area contributed by atoms with E-state index in [9.17, 15) is 18.0 Å². The Labute approximate surface area is 231 Å². The Kier molecular flexibility index (Phi) is 9.07. The molecule has 0 aliphatic carbocycles. The van der Waals surface area contributed by atoms with Crippen molar-refractivity contribution in [2.45, 2.75) is 45.8 Å². The predicted octanol–water partition coefficient (Wildman–Crippen LogP) is 5.40. The van der Waals surface area contributed by atoms with Crippen LogP contribution in [0.25, 0.3) is 10.6 Å². The van der Waals surface area contributed by atoms with Crippen LogP contribution in [0.4, 0.5) is 30.1 Å². The molecule has 4 rings (SSSR count). The number of hydrogen-bond donors (Lipinski definition) is 2. The molecule has 2 N–H and O–H groups in total. The van der Waals surface area contributed by atoms with Crippen molar-refractivity contribution >= 4 is 46.0 Å². The predicted molar refractivity (Wildman–Crippen MR) is 146 cm³/mol. The first kappa shape index (κ1) is 28.4. The average molecular weight is 577 g/mol. The molecule has 0 aromatic carbocycles. The van der Waals surface area contributed by atoms with E-state index in [0.29, 0.717) is 38.2 Å². The van der Waals surface area contributed by atoms with Gasteiger partial charge in [0.2, 0.25) is 12.4 Å². The van der Waals surface area contributed by atoms with Gasteiger partial charge in [0.05, 0.1) is 26.8 Å². The monoisotopic (exact) mass is 576 g/mol. The maximum atomic E-state index is 13.0. The topological polar surface area (TPSA) is 109 Å². The van der Waals surface area contributed by atoms with E-state index in [0.717, 1.165) is 44.4 Å². The van der Waals surface area contributed by atoms with Gasteiger partial charge in [-0.2, -0.15) is 13.2 Å². The van der Waals surface area contributed by atoms with E-state index in [1.165, 1.54) is 11.3 Å². The van der Waals surface area contributed by atoms with Crippen LogP contribution in [-0.4, -0.2) is 50.5 Å². The van der Waals surface area contributed by atoms with Gasteiger partial charge in [-0.05, 0) is 38.3 Å². The summed E-state index contributed by atoms with van der Waals surface area (Å²) in [7, 11) is 0. The van der Waals surface area contributed by atoms with Gasteiger partial charge in [-0.1, -0.05) is 13.0 Å². The highest BCUT2D eigenvalue weighted by molar-refractivity contribution is 7.16. The number of nitrogens with zero attached hydrogens (tertiary/aromatic N) is 6. The van der Waals surface area contributed by atoms with E-state index < -0.39 is 11.7 Å². The fourth-order valence-corrected chi connectivity index (χ4v) is 5.65. The normalized spacial score (nSPS) is 12.3. The Morgan fingerprint density at radius 1 is 1.10 bits per heavy atom. The van der Waals surface area contributed by atoms with E-state index in [2.05, 4.69) is 35.6 Å². The second kappa shape index (κ2) is 12.5. The van der Waals surface area contributed by atoms with Crippen molar-refractivity contribution in [2.75, 3.05) is 23.3 Å². The second-order valence-electron chi connectivity index (χ2n) is 8.66. The first-order valence-corrected chi connectivity index (χ1v) is 13.8. The van der Waals surface area contributed by atoms with Crippen LogP contribution in [0.5, 0.6) is 0 Å². The summed E-state index contributed by atoms with van der Waals surface area (Å²) in [6.45, 7) is 6.55. The summed E-state index contributed by atoms with van der Waals surface area (Å²) >= 11 is 3.09. The Morgan fingerprint density at radius 2 is 1.87 bits per heavy atom. The molecule has 0 fully saturated rings. The number of nitrogens with one attached hydrogen (secondary N) is 2. The number of aromatic nitrogens is 5. The van der Waals surface area contributed by atoms with Crippen LogP contribution in [0, 0.1) is 13.8 Å². The molecule has 0 bridgehead atoms. The summed E-state index contributed by atoms with van der Waals surface area (Å²) in [4.78, 5) is 35.2. The van der Waals surface area contributed by atoms with Crippen LogP contribution in [0.15, 0.2) is 36.1 Å². The maximum absolute atomic E-state index is 13.0. The number of aryl methyl sites for hydroxylation is 2. The number of rotatable bonds is 12. The third kappa shape index (κ3) is 7.26. The fourth-order valence-electron chi connectivity index (χ4n) is 3.99. The van der Waals surface area contributed by atoms with Crippen molar-refractivity contribution in [3.63, 3.8) is 0 Å². The van der Waals surface area contributed by atoms with Gasteiger partial charge in [-0.15, -0.1) is 22.7 Å². The third-order valence-electron chi connectivity index (χ3n) is 5.89. The van der Waals surface area contributed by atoms with Crippen LogP contribution in [0.3, 0.4) is 0 Å². The van der Waals surface area contributed by atoms with Gasteiger partial charge in [0.1, 0.15) is 5.82 Å². The zero-order chi connectivity index (χ0) is 28.0. The van der Waals surface area contributed by atoms with Crippen LogP contribution >= 0.6 is 22.7 Å². The van der Waals surface area contributed by atoms with E-state index in [4.69, 9.17) is 0 Å². The quantitative estimate of drug-likeness (QED) is 0.170. The summed E-state index contributed by atoms with van der Waals surface area (Å²) in [5, 5.41) is 9.52. The lowest BCUT2D eigenvalue weighted by Crippen LogP contribution is -2.42. The summed E-state index contributed by atoms with van der Waals surface area (Å²) in [6.07, 6.45) is 0.592. The zero-order valence-electron chi connectivity index (χ0n) is 21.5. The minimum atomic E-state index is -4.52. The molecule has 4 heterocycles. The van der Waals surface area contributed by atoms with Crippen LogP contribution in [0.2, 0.25) is 0 Å². The van der Waals surface area contributed by atoms with Gasteiger partial charge in [0.25, 0.3) is 0 Å². The van der Waals surface area contributed by atoms with Crippen molar-refractivity contribution in [1.82, 2.24) is 30.2 Å². The first-order valence-electron chi connectivity index (χ1n) is 12.1. The molecule has 0 aliphatic heterocycles. The van der Waals surface area contributed by atoms with E-state index in [-0.39, 0.29) is 12.0 Å². The zero-order valence-corrected chi connectivity index (χ0v) is 23.1. The molecular weight excluding hydrogens is 549 g/mol. The average Bonchev–Trinajstić information content (AvgIpc) is 3.51.